The predicted molar refractivity (Wildman–Crippen MR) is 136 cm³/mol. The van der Waals surface area contributed by atoms with E-state index in [4.69, 9.17) is 14.5 Å². The Morgan fingerprint density at radius 3 is 2.56 bits per heavy atom. The zero-order valence-corrected chi connectivity index (χ0v) is 20.4. The maximum atomic E-state index is 5.59. The highest BCUT2D eigenvalue weighted by molar-refractivity contribution is 9.10. The molecule has 2 N–H and O–H groups in total. The van der Waals surface area contributed by atoms with Crippen LogP contribution < -0.4 is 4.74 Å². The molecule has 0 saturated carbocycles. The fourth-order valence-electron chi connectivity index (χ4n) is 3.48. The van der Waals surface area contributed by atoms with Crippen LogP contribution in [0, 0.1) is 0 Å². The van der Waals surface area contributed by atoms with Gasteiger partial charge < -0.3 is 19.4 Å². The van der Waals surface area contributed by atoms with E-state index in [0.29, 0.717) is 6.42 Å². The predicted octanol–water partition coefficient (Wildman–Crippen LogP) is 7.28. The van der Waals surface area contributed by atoms with Crippen LogP contribution in [0.25, 0.3) is 33.5 Å². The number of hydrogen-bond donors (Lipinski definition) is 2. The summed E-state index contributed by atoms with van der Waals surface area (Å²) in [5.41, 5.74) is 4.86. The topological polar surface area (TPSA) is 62.9 Å². The highest BCUT2D eigenvalue weighted by atomic mass is 79.9. The van der Waals surface area contributed by atoms with Crippen molar-refractivity contribution < 1.29 is 9.47 Å². The van der Waals surface area contributed by atoms with Crippen molar-refractivity contribution in [3.63, 3.8) is 0 Å². The number of rotatable bonds is 6. The van der Waals surface area contributed by atoms with Crippen molar-refractivity contribution in [3.05, 3.63) is 83.3 Å². The summed E-state index contributed by atoms with van der Waals surface area (Å²) in [5.74, 6) is 2.46. The number of allylic oxidation sites excluding steroid dienone is 3. The second-order valence-electron chi connectivity index (χ2n) is 7.05. The number of ether oxygens (including phenoxy) is 2. The Hall–Kier alpha value is -3.25. The summed E-state index contributed by atoms with van der Waals surface area (Å²) >= 11 is 3.57. The monoisotopic (exact) mass is 493 g/mol. The lowest BCUT2D eigenvalue weighted by Gasteiger charge is -2.09. The molecule has 0 bridgehead atoms. The third kappa shape index (κ3) is 4.97. The zero-order valence-electron chi connectivity index (χ0n) is 18.8. The van der Waals surface area contributed by atoms with E-state index in [-0.39, 0.29) is 0 Å². The first-order valence-corrected chi connectivity index (χ1v) is 11.1. The summed E-state index contributed by atoms with van der Waals surface area (Å²) in [5, 5.41) is 1.10. The van der Waals surface area contributed by atoms with Gasteiger partial charge in [0, 0.05) is 39.1 Å². The van der Waals surface area contributed by atoms with Crippen molar-refractivity contribution in [2.24, 2.45) is 0 Å². The molecule has 166 valence electrons. The Labute approximate surface area is 197 Å². The average Bonchev–Trinajstić information content (AvgIpc) is 3.41. The second-order valence-corrected chi connectivity index (χ2v) is 7.96. The largest absolute Gasteiger partial charge is 0.501 e. The van der Waals surface area contributed by atoms with E-state index in [2.05, 4.69) is 44.6 Å². The van der Waals surface area contributed by atoms with Gasteiger partial charge in [0.1, 0.15) is 11.6 Å². The molecule has 2 aromatic carbocycles. The van der Waals surface area contributed by atoms with Gasteiger partial charge in [-0.2, -0.15) is 0 Å². The van der Waals surface area contributed by atoms with Gasteiger partial charge >= 0.3 is 0 Å². The van der Waals surface area contributed by atoms with Crippen LogP contribution in [0.1, 0.15) is 19.5 Å². The number of benzene rings is 2. The molecule has 0 amide bonds. The summed E-state index contributed by atoms with van der Waals surface area (Å²) < 4.78 is 12.1. The maximum absolute atomic E-state index is 5.59. The number of aromatic amines is 2. The lowest BCUT2D eigenvalue weighted by molar-refractivity contribution is 0.282. The number of nitrogens with one attached hydrogen (secondary N) is 2. The van der Waals surface area contributed by atoms with E-state index < -0.39 is 0 Å². The minimum absolute atomic E-state index is 0.611. The van der Waals surface area contributed by atoms with Crippen LogP contribution in [0.15, 0.2) is 77.6 Å². The van der Waals surface area contributed by atoms with Gasteiger partial charge in [-0.1, -0.05) is 34.1 Å². The molecule has 4 rings (SSSR count). The summed E-state index contributed by atoms with van der Waals surface area (Å²) in [6.07, 6.45) is 6.31. The van der Waals surface area contributed by atoms with Gasteiger partial charge in [-0.15, -0.1) is 6.58 Å². The molecule has 0 aliphatic heterocycles. The maximum Gasteiger partial charge on any atom is 0.140 e. The van der Waals surface area contributed by atoms with Crippen LogP contribution in [0.4, 0.5) is 0 Å². The highest BCUT2D eigenvalue weighted by Gasteiger charge is 2.19. The van der Waals surface area contributed by atoms with Crippen molar-refractivity contribution in [3.8, 4) is 28.4 Å². The molecular weight excluding hydrogens is 466 g/mol. The first kappa shape index (κ1) is 23.4. The number of halogens is 1. The molecule has 0 unspecified atom stereocenters. The molecule has 0 atom stereocenters. The van der Waals surface area contributed by atoms with Crippen LogP contribution in [-0.2, 0) is 11.2 Å². The van der Waals surface area contributed by atoms with Gasteiger partial charge in [0.15, 0.2) is 0 Å². The lowest BCUT2D eigenvalue weighted by Crippen LogP contribution is -1.97. The normalized spacial score (nSPS) is 11.1. The van der Waals surface area contributed by atoms with Crippen LogP contribution in [0.3, 0.4) is 0 Å². The lowest BCUT2D eigenvalue weighted by atomic mass is 10.1. The number of aromatic nitrogens is 3. The number of fused-ring (bicyclic) bond motifs is 1. The number of H-pyrrole nitrogens is 2. The molecule has 4 aromatic rings. The second kappa shape index (κ2) is 10.9. The minimum atomic E-state index is 0.611. The van der Waals surface area contributed by atoms with Crippen LogP contribution >= 0.6 is 15.9 Å². The number of imidazole rings is 1. The smallest absolute Gasteiger partial charge is 0.140 e. The van der Waals surface area contributed by atoms with E-state index in [0.717, 1.165) is 55.2 Å². The summed E-state index contributed by atoms with van der Waals surface area (Å²) in [4.78, 5) is 11.8. The fourth-order valence-corrected chi connectivity index (χ4v) is 3.84. The summed E-state index contributed by atoms with van der Waals surface area (Å²) in [7, 11) is 3.36. The number of nitrogens with zero attached hydrogens (tertiary/aromatic N) is 1. The van der Waals surface area contributed by atoms with Crippen LogP contribution in [0.2, 0.25) is 0 Å². The first-order valence-electron chi connectivity index (χ1n) is 10.3. The SMILES string of the molecule is C/C=C(\Cc1[nH]c(-c2c[nH]c3ccc(Br)cc23)nc1-c1ccccc1OC)OC.C=CC. The average molecular weight is 494 g/mol. The van der Waals surface area contributed by atoms with Crippen molar-refractivity contribution >= 4 is 26.8 Å². The molecule has 6 heteroatoms. The van der Waals surface area contributed by atoms with Crippen LogP contribution in [0.5, 0.6) is 5.75 Å². The number of para-hydroxylation sites is 1. The number of hydrogen-bond acceptors (Lipinski definition) is 3. The van der Waals surface area contributed by atoms with E-state index in [9.17, 15) is 0 Å². The van der Waals surface area contributed by atoms with E-state index in [1.165, 1.54) is 0 Å². The minimum Gasteiger partial charge on any atom is -0.501 e. The Morgan fingerprint density at radius 2 is 1.88 bits per heavy atom. The zero-order chi connectivity index (χ0) is 23.1. The van der Waals surface area contributed by atoms with Gasteiger partial charge in [-0.25, -0.2) is 4.98 Å². The van der Waals surface area contributed by atoms with Gasteiger partial charge in [0.25, 0.3) is 0 Å². The van der Waals surface area contributed by atoms with E-state index in [1.54, 1.807) is 20.3 Å². The Bertz CT molecular complexity index is 1240. The molecule has 0 fully saturated rings. The van der Waals surface area contributed by atoms with Gasteiger partial charge in [-0.3, -0.25) is 0 Å². The highest BCUT2D eigenvalue weighted by Crippen LogP contribution is 2.36. The molecule has 2 heterocycles. The standard InChI is InChI=1S/C23H22BrN3O2.C3H6/c1-4-15(28-2)12-20-22(16-7-5-6-8-21(16)29-3)27-23(26-20)18-13-25-19-10-9-14(24)11-17(18)19;1-3-2/h4-11,13,25H,12H2,1-3H3,(H,26,27);3H,1H2,2H3/b15-4+;. The Kier molecular flexibility index (Phi) is 7.95. The number of methoxy groups -OCH3 is 2. The molecule has 0 saturated heterocycles. The van der Waals surface area contributed by atoms with Crippen molar-refractivity contribution in [1.82, 2.24) is 15.0 Å². The molecule has 32 heavy (non-hydrogen) atoms. The van der Waals surface area contributed by atoms with E-state index >= 15 is 0 Å². The molecule has 5 nitrogen and oxygen atoms in total. The molecule has 2 aromatic heterocycles. The van der Waals surface area contributed by atoms with Crippen molar-refractivity contribution in [2.75, 3.05) is 14.2 Å². The quantitative estimate of drug-likeness (QED) is 0.219. The summed E-state index contributed by atoms with van der Waals surface area (Å²) in [6, 6.07) is 14.1. The van der Waals surface area contributed by atoms with Gasteiger partial charge in [0.05, 0.1) is 31.4 Å². The summed E-state index contributed by atoms with van der Waals surface area (Å²) in [6.45, 7) is 7.22. The van der Waals surface area contributed by atoms with Gasteiger partial charge in [0.2, 0.25) is 0 Å². The molecular formula is C26H28BrN3O2. The third-order valence-corrected chi connectivity index (χ3v) is 5.47. The fraction of sp³-hybridized carbons (Fsp3) is 0.192. The molecule has 0 aliphatic carbocycles. The van der Waals surface area contributed by atoms with E-state index in [1.807, 2.05) is 56.5 Å². The Morgan fingerprint density at radius 1 is 1.12 bits per heavy atom. The van der Waals surface area contributed by atoms with Gasteiger partial charge in [-0.05, 0) is 50.3 Å². The third-order valence-electron chi connectivity index (χ3n) is 4.97. The molecule has 0 radical (unpaired) electrons. The first-order chi connectivity index (χ1) is 15.6. The van der Waals surface area contributed by atoms with Crippen molar-refractivity contribution in [2.45, 2.75) is 20.3 Å². The van der Waals surface area contributed by atoms with Crippen molar-refractivity contribution in [1.29, 1.82) is 0 Å². The Balaban J connectivity index is 0.000000913. The van der Waals surface area contributed by atoms with Crippen LogP contribution in [-0.4, -0.2) is 29.2 Å². The molecule has 0 spiro atoms. The molecule has 0 aliphatic rings.